The van der Waals surface area contributed by atoms with Gasteiger partial charge in [-0.1, -0.05) is 13.3 Å². The minimum Gasteiger partial charge on any atom is -0.394 e. The highest BCUT2D eigenvalue weighted by atomic mass is 16.5. The van der Waals surface area contributed by atoms with Crippen LogP contribution in [0.15, 0.2) is 0 Å². The Morgan fingerprint density at radius 3 is 2.38 bits per heavy atom. The van der Waals surface area contributed by atoms with Gasteiger partial charge >= 0.3 is 0 Å². The van der Waals surface area contributed by atoms with Gasteiger partial charge in [0.15, 0.2) is 0 Å². The summed E-state index contributed by atoms with van der Waals surface area (Å²) in [5.74, 6) is 0. The summed E-state index contributed by atoms with van der Waals surface area (Å²) in [6.07, 6.45) is 2.08. The molecule has 0 heterocycles. The van der Waals surface area contributed by atoms with Crippen molar-refractivity contribution in [3.05, 3.63) is 0 Å². The van der Waals surface area contributed by atoms with E-state index in [-0.39, 0.29) is 12.7 Å². The Hall–Kier alpha value is -0.0800. The van der Waals surface area contributed by atoms with Crippen LogP contribution in [-0.4, -0.2) is 24.9 Å². The molecule has 0 aromatic carbocycles. The molecular formula is C6H14O2. The minimum absolute atomic E-state index is 0.0556. The van der Waals surface area contributed by atoms with Crippen molar-refractivity contribution in [2.24, 2.45) is 0 Å². The fourth-order valence-electron chi connectivity index (χ4n) is 0.606. The molecule has 0 radical (unpaired) electrons. The van der Waals surface area contributed by atoms with Crippen molar-refractivity contribution < 1.29 is 9.84 Å². The van der Waals surface area contributed by atoms with E-state index in [4.69, 9.17) is 9.84 Å². The second-order valence-corrected chi connectivity index (χ2v) is 1.83. The highest BCUT2D eigenvalue weighted by Gasteiger charge is 2.00. The van der Waals surface area contributed by atoms with E-state index in [9.17, 15) is 0 Å². The van der Waals surface area contributed by atoms with Crippen LogP contribution in [0.4, 0.5) is 0 Å². The number of hydrogen-bond acceptors (Lipinski definition) is 2. The summed E-state index contributed by atoms with van der Waals surface area (Å²) in [5, 5.41) is 8.53. The van der Waals surface area contributed by atoms with Crippen LogP contribution in [0.1, 0.15) is 19.8 Å². The van der Waals surface area contributed by atoms with E-state index in [0.717, 1.165) is 12.8 Å². The Morgan fingerprint density at radius 1 is 1.62 bits per heavy atom. The SMILES string of the molecule is CCC[C@H](CO)OC. The second kappa shape index (κ2) is 5.06. The highest BCUT2D eigenvalue weighted by Crippen LogP contribution is 1.97. The van der Waals surface area contributed by atoms with Crippen LogP contribution in [0.3, 0.4) is 0 Å². The van der Waals surface area contributed by atoms with E-state index in [1.807, 2.05) is 0 Å². The number of hydrogen-bond donors (Lipinski definition) is 1. The summed E-state index contributed by atoms with van der Waals surface area (Å²) >= 11 is 0. The summed E-state index contributed by atoms with van der Waals surface area (Å²) in [7, 11) is 1.62. The van der Waals surface area contributed by atoms with Crippen LogP contribution in [-0.2, 0) is 4.74 Å². The molecule has 0 fully saturated rings. The molecule has 2 heteroatoms. The van der Waals surface area contributed by atoms with Crippen molar-refractivity contribution >= 4 is 0 Å². The summed E-state index contributed by atoms with van der Waals surface area (Å²) in [6, 6.07) is 0. The summed E-state index contributed by atoms with van der Waals surface area (Å²) in [4.78, 5) is 0. The summed E-state index contributed by atoms with van der Waals surface area (Å²) in [5.41, 5.74) is 0. The molecule has 0 aliphatic carbocycles. The van der Waals surface area contributed by atoms with Gasteiger partial charge in [-0.3, -0.25) is 0 Å². The fourth-order valence-corrected chi connectivity index (χ4v) is 0.606. The summed E-state index contributed by atoms with van der Waals surface area (Å²) < 4.78 is 4.89. The van der Waals surface area contributed by atoms with Crippen LogP contribution in [0, 0.1) is 0 Å². The first-order valence-corrected chi connectivity index (χ1v) is 2.98. The van der Waals surface area contributed by atoms with Crippen LogP contribution in [0.5, 0.6) is 0 Å². The maximum Gasteiger partial charge on any atom is 0.0801 e. The fraction of sp³-hybridized carbons (Fsp3) is 1.00. The van der Waals surface area contributed by atoms with Crippen LogP contribution >= 0.6 is 0 Å². The molecule has 0 rings (SSSR count). The van der Waals surface area contributed by atoms with Gasteiger partial charge in [0.05, 0.1) is 12.7 Å². The molecule has 8 heavy (non-hydrogen) atoms. The van der Waals surface area contributed by atoms with Crippen molar-refractivity contribution in [3.63, 3.8) is 0 Å². The Labute approximate surface area is 50.5 Å². The number of aliphatic hydroxyl groups excluding tert-OH is 1. The summed E-state index contributed by atoms with van der Waals surface area (Å²) in [6.45, 7) is 2.21. The predicted octanol–water partition coefficient (Wildman–Crippen LogP) is 0.794. The second-order valence-electron chi connectivity index (χ2n) is 1.83. The van der Waals surface area contributed by atoms with E-state index >= 15 is 0 Å². The number of methoxy groups -OCH3 is 1. The standard InChI is InChI=1S/C6H14O2/c1-3-4-6(5-7)8-2/h6-7H,3-5H2,1-2H3/t6-/m1/s1. The lowest BCUT2D eigenvalue weighted by Crippen LogP contribution is -2.14. The first kappa shape index (κ1) is 7.92. The van der Waals surface area contributed by atoms with Crippen LogP contribution < -0.4 is 0 Å². The lowest BCUT2D eigenvalue weighted by molar-refractivity contribution is 0.0428. The smallest absolute Gasteiger partial charge is 0.0801 e. The van der Waals surface area contributed by atoms with Crippen molar-refractivity contribution in [2.75, 3.05) is 13.7 Å². The normalized spacial score (nSPS) is 13.9. The van der Waals surface area contributed by atoms with Gasteiger partial charge in [-0.05, 0) is 6.42 Å². The lowest BCUT2D eigenvalue weighted by atomic mass is 10.2. The molecule has 0 aromatic heterocycles. The molecule has 1 atom stereocenters. The molecule has 0 unspecified atom stereocenters. The maximum absolute atomic E-state index is 8.53. The van der Waals surface area contributed by atoms with Gasteiger partial charge in [0, 0.05) is 7.11 Å². The zero-order valence-electron chi connectivity index (χ0n) is 5.55. The average Bonchev–Trinajstić information content (AvgIpc) is 1.83. The Kier molecular flexibility index (Phi) is 5.01. The van der Waals surface area contributed by atoms with Crippen molar-refractivity contribution in [1.82, 2.24) is 0 Å². The van der Waals surface area contributed by atoms with E-state index in [1.54, 1.807) is 7.11 Å². The predicted molar refractivity (Wildman–Crippen MR) is 32.8 cm³/mol. The van der Waals surface area contributed by atoms with E-state index in [0.29, 0.717) is 0 Å². The van der Waals surface area contributed by atoms with Crippen molar-refractivity contribution in [3.8, 4) is 0 Å². The monoisotopic (exact) mass is 118 g/mol. The molecule has 2 nitrogen and oxygen atoms in total. The zero-order chi connectivity index (χ0) is 6.41. The van der Waals surface area contributed by atoms with E-state index in [1.165, 1.54) is 0 Å². The third-order valence-electron chi connectivity index (χ3n) is 1.15. The lowest BCUT2D eigenvalue weighted by Gasteiger charge is -2.08. The van der Waals surface area contributed by atoms with Gasteiger partial charge in [-0.15, -0.1) is 0 Å². The molecule has 0 spiro atoms. The molecule has 0 bridgehead atoms. The molecule has 0 aliphatic rings. The average molecular weight is 118 g/mol. The van der Waals surface area contributed by atoms with Gasteiger partial charge in [-0.2, -0.15) is 0 Å². The van der Waals surface area contributed by atoms with Gasteiger partial charge in [0.1, 0.15) is 0 Å². The van der Waals surface area contributed by atoms with Gasteiger partial charge in [-0.25, -0.2) is 0 Å². The third-order valence-corrected chi connectivity index (χ3v) is 1.15. The highest BCUT2D eigenvalue weighted by molar-refractivity contribution is 4.51. The van der Waals surface area contributed by atoms with Gasteiger partial charge in [0.25, 0.3) is 0 Å². The van der Waals surface area contributed by atoms with Gasteiger partial charge in [0.2, 0.25) is 0 Å². The largest absolute Gasteiger partial charge is 0.394 e. The van der Waals surface area contributed by atoms with E-state index < -0.39 is 0 Å². The number of rotatable bonds is 4. The topological polar surface area (TPSA) is 29.5 Å². The van der Waals surface area contributed by atoms with Crippen LogP contribution in [0.2, 0.25) is 0 Å². The molecule has 0 aromatic rings. The molecule has 0 amide bonds. The number of ether oxygens (including phenoxy) is 1. The molecule has 0 aliphatic heterocycles. The van der Waals surface area contributed by atoms with Crippen molar-refractivity contribution in [2.45, 2.75) is 25.9 Å². The Morgan fingerprint density at radius 2 is 2.25 bits per heavy atom. The first-order valence-electron chi connectivity index (χ1n) is 2.98. The van der Waals surface area contributed by atoms with Crippen molar-refractivity contribution in [1.29, 1.82) is 0 Å². The Balaban J connectivity index is 3.07. The van der Waals surface area contributed by atoms with Gasteiger partial charge < -0.3 is 9.84 Å². The number of aliphatic hydroxyl groups is 1. The quantitative estimate of drug-likeness (QED) is 0.591. The first-order chi connectivity index (χ1) is 3.85. The molecule has 0 saturated heterocycles. The molecule has 0 saturated carbocycles. The molecular weight excluding hydrogens is 104 g/mol. The third kappa shape index (κ3) is 2.99. The maximum atomic E-state index is 8.53. The van der Waals surface area contributed by atoms with Crippen LogP contribution in [0.25, 0.3) is 0 Å². The van der Waals surface area contributed by atoms with E-state index in [2.05, 4.69) is 6.92 Å². The molecule has 50 valence electrons. The zero-order valence-corrected chi connectivity index (χ0v) is 5.55. The molecule has 1 N–H and O–H groups in total. The minimum atomic E-state index is 0.0556. The Bertz CT molecular complexity index is 41.8.